The fourth-order valence-electron chi connectivity index (χ4n) is 6.60. The van der Waals surface area contributed by atoms with Crippen LogP contribution >= 0.6 is 0 Å². The van der Waals surface area contributed by atoms with E-state index in [2.05, 4.69) is 4.90 Å². The highest BCUT2D eigenvalue weighted by Gasteiger charge is 2.50. The molecule has 23 heavy (non-hydrogen) atoms. The van der Waals surface area contributed by atoms with E-state index < -0.39 is 0 Å². The normalized spacial score (nSPS) is 41.3. The summed E-state index contributed by atoms with van der Waals surface area (Å²) in [7, 11) is 0. The number of aliphatic hydroxyl groups is 1. The first-order valence-electron chi connectivity index (χ1n) is 10.2. The maximum atomic E-state index is 10.2. The number of piperidine rings is 1. The molecule has 3 nitrogen and oxygen atoms in total. The Bertz CT molecular complexity index is 356. The van der Waals surface area contributed by atoms with Gasteiger partial charge in [0.2, 0.25) is 0 Å². The minimum Gasteiger partial charge on any atom is -0.389 e. The van der Waals surface area contributed by atoms with E-state index in [9.17, 15) is 5.11 Å². The molecule has 1 heterocycles. The highest BCUT2D eigenvalue weighted by Crippen LogP contribution is 2.61. The lowest BCUT2D eigenvalue weighted by Crippen LogP contribution is -2.46. The zero-order valence-electron chi connectivity index (χ0n) is 14.7. The van der Waals surface area contributed by atoms with Gasteiger partial charge in [0, 0.05) is 13.2 Å². The molecule has 1 atom stereocenters. The highest BCUT2D eigenvalue weighted by atomic mass is 16.5. The van der Waals surface area contributed by atoms with Crippen molar-refractivity contribution in [3.63, 3.8) is 0 Å². The first-order valence-corrected chi connectivity index (χ1v) is 10.2. The number of hydrogen-bond donors (Lipinski definition) is 1. The fraction of sp³-hybridized carbons (Fsp3) is 1.00. The second-order valence-electron chi connectivity index (χ2n) is 9.26. The molecule has 0 aromatic carbocycles. The largest absolute Gasteiger partial charge is 0.389 e. The van der Waals surface area contributed by atoms with Crippen LogP contribution in [0.2, 0.25) is 0 Å². The van der Waals surface area contributed by atoms with Gasteiger partial charge in [0.15, 0.2) is 0 Å². The number of aliphatic hydroxyl groups excluding tert-OH is 1. The summed E-state index contributed by atoms with van der Waals surface area (Å²) < 4.78 is 5.90. The Hall–Kier alpha value is -0.120. The zero-order chi connectivity index (χ0) is 15.7. The molecule has 1 saturated heterocycles. The summed E-state index contributed by atoms with van der Waals surface area (Å²) in [5, 5.41) is 10.2. The predicted octanol–water partition coefficient (Wildman–Crippen LogP) is 3.46. The van der Waals surface area contributed by atoms with Crippen LogP contribution < -0.4 is 0 Å². The average molecular weight is 322 g/mol. The zero-order valence-corrected chi connectivity index (χ0v) is 14.7. The van der Waals surface area contributed by atoms with Crippen molar-refractivity contribution in [3.05, 3.63) is 0 Å². The van der Waals surface area contributed by atoms with Crippen LogP contribution in [0.4, 0.5) is 0 Å². The van der Waals surface area contributed by atoms with E-state index in [1.807, 2.05) is 0 Å². The summed E-state index contributed by atoms with van der Waals surface area (Å²) in [5.41, 5.74) is 0.618. The predicted molar refractivity (Wildman–Crippen MR) is 92.3 cm³/mol. The Morgan fingerprint density at radius 3 is 2.17 bits per heavy atom. The standard InChI is InChI=1S/C20H35NO2/c22-19(14-21-5-2-1-3-6-21)15-23-7-4-20-11-16-8-17(12-20)10-18(9-16)13-20/h16-19,22H,1-15H2/t16?,17?,18?,19-,20?/m1/s1. The minimum atomic E-state index is -0.301. The van der Waals surface area contributed by atoms with Gasteiger partial charge in [-0.25, -0.2) is 0 Å². The Morgan fingerprint density at radius 1 is 0.957 bits per heavy atom. The monoisotopic (exact) mass is 321 g/mol. The van der Waals surface area contributed by atoms with Crippen molar-refractivity contribution in [3.8, 4) is 0 Å². The van der Waals surface area contributed by atoms with Gasteiger partial charge in [-0.1, -0.05) is 6.42 Å². The van der Waals surface area contributed by atoms with Crippen molar-refractivity contribution in [1.82, 2.24) is 4.90 Å². The van der Waals surface area contributed by atoms with E-state index in [4.69, 9.17) is 4.74 Å². The van der Waals surface area contributed by atoms with E-state index >= 15 is 0 Å². The van der Waals surface area contributed by atoms with Gasteiger partial charge in [-0.15, -0.1) is 0 Å². The van der Waals surface area contributed by atoms with Crippen LogP contribution in [-0.4, -0.2) is 49.0 Å². The van der Waals surface area contributed by atoms with Crippen LogP contribution in [0.5, 0.6) is 0 Å². The molecule has 5 fully saturated rings. The van der Waals surface area contributed by atoms with Gasteiger partial charge in [-0.3, -0.25) is 0 Å². The molecule has 4 saturated carbocycles. The topological polar surface area (TPSA) is 32.7 Å². The number of β-amino-alcohol motifs (C(OH)–C–C–N with tert-alkyl or cyclic N) is 1. The molecule has 0 unspecified atom stereocenters. The van der Waals surface area contributed by atoms with Gasteiger partial charge in [0.05, 0.1) is 12.7 Å². The van der Waals surface area contributed by atoms with E-state index in [-0.39, 0.29) is 6.10 Å². The van der Waals surface area contributed by atoms with Gasteiger partial charge in [-0.05, 0) is 94.0 Å². The third-order valence-electron chi connectivity index (χ3n) is 7.17. The molecular weight excluding hydrogens is 286 g/mol. The third-order valence-corrected chi connectivity index (χ3v) is 7.17. The number of ether oxygens (including phenoxy) is 1. The first-order chi connectivity index (χ1) is 11.2. The van der Waals surface area contributed by atoms with E-state index in [0.717, 1.165) is 44.0 Å². The number of rotatable bonds is 7. The minimum absolute atomic E-state index is 0.301. The van der Waals surface area contributed by atoms with Crippen LogP contribution in [0.25, 0.3) is 0 Å². The molecule has 3 heteroatoms. The SMILES string of the molecule is O[C@@H](COCCC12CC3CC(CC(C3)C1)C2)CN1CCCCC1. The number of likely N-dealkylation sites (tertiary alicyclic amines) is 1. The molecule has 1 N–H and O–H groups in total. The second-order valence-corrected chi connectivity index (χ2v) is 9.26. The Balaban J connectivity index is 1.16. The lowest BCUT2D eigenvalue weighted by molar-refractivity contribution is -0.0742. The van der Waals surface area contributed by atoms with E-state index in [1.165, 1.54) is 64.2 Å². The summed E-state index contributed by atoms with van der Waals surface area (Å²) in [6.45, 7) is 4.51. The molecule has 132 valence electrons. The van der Waals surface area contributed by atoms with Crippen LogP contribution in [0.15, 0.2) is 0 Å². The first kappa shape index (κ1) is 16.4. The third kappa shape index (κ3) is 3.93. The van der Waals surface area contributed by atoms with Crippen molar-refractivity contribution in [2.75, 3.05) is 32.8 Å². The summed E-state index contributed by atoms with van der Waals surface area (Å²) in [4.78, 5) is 2.40. The van der Waals surface area contributed by atoms with Gasteiger partial charge in [0.1, 0.15) is 0 Å². The molecule has 0 aromatic heterocycles. The van der Waals surface area contributed by atoms with Crippen molar-refractivity contribution in [2.45, 2.75) is 70.3 Å². The van der Waals surface area contributed by atoms with Crippen molar-refractivity contribution >= 4 is 0 Å². The molecule has 0 amide bonds. The van der Waals surface area contributed by atoms with E-state index in [1.54, 1.807) is 0 Å². The lowest BCUT2D eigenvalue weighted by Gasteiger charge is -2.57. The molecule has 4 aliphatic carbocycles. The molecule has 4 bridgehead atoms. The Labute approximate surface area is 141 Å². The maximum Gasteiger partial charge on any atom is 0.0900 e. The second kappa shape index (κ2) is 7.01. The average Bonchev–Trinajstić information content (AvgIpc) is 2.51. The molecule has 0 spiro atoms. The molecule has 5 aliphatic rings. The smallest absolute Gasteiger partial charge is 0.0900 e. The highest BCUT2D eigenvalue weighted by molar-refractivity contribution is 5.01. The quantitative estimate of drug-likeness (QED) is 0.729. The maximum absolute atomic E-state index is 10.2. The molecular formula is C20H35NO2. The van der Waals surface area contributed by atoms with Gasteiger partial charge in [-0.2, -0.15) is 0 Å². The van der Waals surface area contributed by atoms with Gasteiger partial charge < -0.3 is 14.7 Å². The molecule has 0 aromatic rings. The fourth-order valence-corrected chi connectivity index (χ4v) is 6.60. The molecule has 5 rings (SSSR count). The van der Waals surface area contributed by atoms with Crippen LogP contribution in [-0.2, 0) is 4.74 Å². The Kier molecular flexibility index (Phi) is 4.99. The Morgan fingerprint density at radius 2 is 1.57 bits per heavy atom. The van der Waals surface area contributed by atoms with Gasteiger partial charge in [0.25, 0.3) is 0 Å². The number of nitrogens with zero attached hydrogens (tertiary/aromatic N) is 1. The van der Waals surface area contributed by atoms with Crippen molar-refractivity contribution < 1.29 is 9.84 Å². The van der Waals surface area contributed by atoms with Crippen molar-refractivity contribution in [2.24, 2.45) is 23.2 Å². The van der Waals surface area contributed by atoms with Crippen molar-refractivity contribution in [1.29, 1.82) is 0 Å². The summed E-state index contributed by atoms with van der Waals surface area (Å²) in [5.74, 6) is 3.10. The summed E-state index contributed by atoms with van der Waals surface area (Å²) in [6.07, 6.45) is 13.9. The van der Waals surface area contributed by atoms with Crippen LogP contribution in [0, 0.1) is 23.2 Å². The summed E-state index contributed by atoms with van der Waals surface area (Å²) in [6, 6.07) is 0. The van der Waals surface area contributed by atoms with E-state index in [0.29, 0.717) is 12.0 Å². The summed E-state index contributed by atoms with van der Waals surface area (Å²) >= 11 is 0. The number of hydrogen-bond acceptors (Lipinski definition) is 3. The van der Waals surface area contributed by atoms with Crippen LogP contribution in [0.1, 0.15) is 64.2 Å². The lowest BCUT2D eigenvalue weighted by atomic mass is 9.49. The van der Waals surface area contributed by atoms with Gasteiger partial charge >= 0.3 is 0 Å². The van der Waals surface area contributed by atoms with Crippen LogP contribution in [0.3, 0.4) is 0 Å². The molecule has 1 aliphatic heterocycles. The molecule has 0 radical (unpaired) electrons.